The Morgan fingerprint density at radius 2 is 1.65 bits per heavy atom. The zero-order valence-corrected chi connectivity index (χ0v) is 14.5. The van der Waals surface area contributed by atoms with Crippen LogP contribution in [0.5, 0.6) is 0 Å². The van der Waals surface area contributed by atoms with Gasteiger partial charge in [-0.1, -0.05) is 40.0 Å². The third-order valence-electron chi connectivity index (χ3n) is 6.17. The number of hydrogen-bond acceptors (Lipinski definition) is 2. The average Bonchev–Trinajstić information content (AvgIpc) is 2.91. The fraction of sp³-hybridized carbons (Fsp3) is 1.00. The van der Waals surface area contributed by atoms with Gasteiger partial charge in [-0.15, -0.1) is 0 Å². The van der Waals surface area contributed by atoms with Gasteiger partial charge in [0.25, 0.3) is 0 Å². The maximum absolute atomic E-state index is 2.73. The van der Waals surface area contributed by atoms with Crippen molar-refractivity contribution >= 4 is 0 Å². The third-order valence-corrected chi connectivity index (χ3v) is 6.17. The lowest BCUT2D eigenvalue weighted by Gasteiger charge is -2.42. The van der Waals surface area contributed by atoms with Crippen LogP contribution >= 0.6 is 0 Å². The van der Waals surface area contributed by atoms with Crippen molar-refractivity contribution in [1.29, 1.82) is 0 Å². The third kappa shape index (κ3) is 2.92. The minimum Gasteiger partial charge on any atom is -0.241 e. The Bertz CT molecular complexity index is 305. The van der Waals surface area contributed by atoms with Gasteiger partial charge in [0.1, 0.15) is 0 Å². The van der Waals surface area contributed by atoms with Crippen molar-refractivity contribution < 1.29 is 0 Å². The van der Waals surface area contributed by atoms with Crippen molar-refractivity contribution in [3.63, 3.8) is 0 Å². The molecule has 2 nitrogen and oxygen atoms in total. The van der Waals surface area contributed by atoms with Gasteiger partial charge < -0.3 is 0 Å². The van der Waals surface area contributed by atoms with E-state index in [9.17, 15) is 0 Å². The zero-order valence-electron chi connectivity index (χ0n) is 14.5. The maximum atomic E-state index is 2.73. The summed E-state index contributed by atoms with van der Waals surface area (Å²) in [7, 11) is 0. The van der Waals surface area contributed by atoms with Crippen molar-refractivity contribution in [3.05, 3.63) is 0 Å². The molecule has 0 amide bonds. The summed E-state index contributed by atoms with van der Waals surface area (Å²) in [4.78, 5) is 0. The molecule has 2 aliphatic rings. The van der Waals surface area contributed by atoms with Gasteiger partial charge in [0.05, 0.1) is 0 Å². The van der Waals surface area contributed by atoms with Gasteiger partial charge in [-0.05, 0) is 50.9 Å². The molecule has 0 radical (unpaired) electrons. The predicted molar refractivity (Wildman–Crippen MR) is 87.6 cm³/mol. The first-order chi connectivity index (χ1) is 9.49. The van der Waals surface area contributed by atoms with Crippen LogP contribution < -0.4 is 0 Å². The van der Waals surface area contributed by atoms with Gasteiger partial charge in [-0.2, -0.15) is 0 Å². The van der Waals surface area contributed by atoms with E-state index in [2.05, 4.69) is 44.6 Å². The highest BCUT2D eigenvalue weighted by Gasteiger charge is 2.47. The molecule has 2 rings (SSSR count). The molecule has 1 unspecified atom stereocenters. The molecule has 1 atom stereocenters. The lowest BCUT2D eigenvalue weighted by atomic mass is 9.79. The van der Waals surface area contributed by atoms with Gasteiger partial charge in [0.15, 0.2) is 0 Å². The Hall–Kier alpha value is -0.0800. The minimum absolute atomic E-state index is 0.364. The Kier molecular flexibility index (Phi) is 5.18. The summed E-state index contributed by atoms with van der Waals surface area (Å²) in [5.74, 6) is 0.870. The quantitative estimate of drug-likeness (QED) is 0.695. The van der Waals surface area contributed by atoms with Gasteiger partial charge >= 0.3 is 0 Å². The van der Waals surface area contributed by atoms with Crippen LogP contribution in [-0.4, -0.2) is 35.2 Å². The molecular formula is C18H36N2. The molecule has 20 heavy (non-hydrogen) atoms. The number of rotatable bonds is 6. The SMILES string of the molecule is CCCC1(CCC)CCN(N2CCC(CC)C2(C)C)C1. The van der Waals surface area contributed by atoms with E-state index in [1.807, 2.05) is 0 Å². The van der Waals surface area contributed by atoms with Gasteiger partial charge in [-0.25, -0.2) is 10.0 Å². The van der Waals surface area contributed by atoms with E-state index in [1.54, 1.807) is 0 Å². The molecule has 0 aromatic carbocycles. The molecule has 2 heterocycles. The molecule has 0 aromatic rings. The highest BCUT2D eigenvalue weighted by Crippen LogP contribution is 2.44. The van der Waals surface area contributed by atoms with Crippen molar-refractivity contribution in [1.82, 2.24) is 10.0 Å². The number of hydrogen-bond donors (Lipinski definition) is 0. The van der Waals surface area contributed by atoms with E-state index in [-0.39, 0.29) is 0 Å². The smallest absolute Gasteiger partial charge is 0.0328 e. The molecule has 2 fully saturated rings. The van der Waals surface area contributed by atoms with Crippen LogP contribution in [0, 0.1) is 11.3 Å². The zero-order chi connectivity index (χ0) is 14.8. The summed E-state index contributed by atoms with van der Waals surface area (Å²) in [5, 5.41) is 5.45. The highest BCUT2D eigenvalue weighted by atomic mass is 15.7. The lowest BCUT2D eigenvalue weighted by Crippen LogP contribution is -2.52. The summed E-state index contributed by atoms with van der Waals surface area (Å²) in [6, 6.07) is 0. The first-order valence-corrected chi connectivity index (χ1v) is 9.01. The molecule has 2 heteroatoms. The Morgan fingerprint density at radius 1 is 1.00 bits per heavy atom. The van der Waals surface area contributed by atoms with Crippen molar-refractivity contribution in [2.24, 2.45) is 11.3 Å². The Labute approximate surface area is 126 Å². The maximum Gasteiger partial charge on any atom is 0.0328 e. The molecule has 0 N–H and O–H groups in total. The van der Waals surface area contributed by atoms with E-state index in [0.717, 1.165) is 5.92 Å². The molecule has 0 aliphatic carbocycles. The van der Waals surface area contributed by atoms with Gasteiger partial charge in [0.2, 0.25) is 0 Å². The Morgan fingerprint density at radius 3 is 2.15 bits per heavy atom. The van der Waals surface area contributed by atoms with Crippen molar-refractivity contribution in [2.75, 3.05) is 19.6 Å². The van der Waals surface area contributed by atoms with E-state index in [0.29, 0.717) is 11.0 Å². The summed E-state index contributed by atoms with van der Waals surface area (Å²) < 4.78 is 0. The van der Waals surface area contributed by atoms with E-state index in [1.165, 1.54) is 64.6 Å². The summed E-state index contributed by atoms with van der Waals surface area (Å²) in [6.07, 6.45) is 9.65. The van der Waals surface area contributed by atoms with Crippen LogP contribution in [0.2, 0.25) is 0 Å². The van der Waals surface area contributed by atoms with Crippen LogP contribution in [0.15, 0.2) is 0 Å². The topological polar surface area (TPSA) is 6.48 Å². The molecule has 2 saturated heterocycles. The second-order valence-electron chi connectivity index (χ2n) is 7.81. The molecule has 0 saturated carbocycles. The van der Waals surface area contributed by atoms with Crippen LogP contribution in [-0.2, 0) is 0 Å². The normalized spacial score (nSPS) is 30.1. The number of nitrogens with zero attached hydrogens (tertiary/aromatic N) is 2. The van der Waals surface area contributed by atoms with E-state index < -0.39 is 0 Å². The monoisotopic (exact) mass is 280 g/mol. The molecular weight excluding hydrogens is 244 g/mol. The molecule has 2 aliphatic heterocycles. The molecule has 118 valence electrons. The minimum atomic E-state index is 0.364. The second kappa shape index (κ2) is 6.36. The van der Waals surface area contributed by atoms with Crippen LogP contribution in [0.25, 0.3) is 0 Å². The first-order valence-electron chi connectivity index (χ1n) is 9.01. The summed E-state index contributed by atoms with van der Waals surface area (Å²) in [6.45, 7) is 15.9. The molecule has 0 spiro atoms. The second-order valence-corrected chi connectivity index (χ2v) is 7.81. The van der Waals surface area contributed by atoms with Crippen LogP contribution in [0.3, 0.4) is 0 Å². The van der Waals surface area contributed by atoms with Crippen LogP contribution in [0.4, 0.5) is 0 Å². The largest absolute Gasteiger partial charge is 0.241 e. The van der Waals surface area contributed by atoms with E-state index in [4.69, 9.17) is 0 Å². The van der Waals surface area contributed by atoms with Crippen molar-refractivity contribution in [2.45, 2.75) is 85.1 Å². The van der Waals surface area contributed by atoms with Gasteiger partial charge in [0, 0.05) is 25.2 Å². The summed E-state index contributed by atoms with van der Waals surface area (Å²) in [5.41, 5.74) is 0.979. The lowest BCUT2D eigenvalue weighted by molar-refractivity contribution is -0.0727. The number of hydrazine groups is 1. The highest BCUT2D eigenvalue weighted by molar-refractivity contribution is 4.97. The first kappa shape index (κ1) is 16.3. The standard InChI is InChI=1S/C18H36N2/c1-6-10-18(11-7-2)12-14-19(15-18)20-13-9-16(8-3)17(20,4)5/h16H,6-15H2,1-5H3. The molecule has 0 bridgehead atoms. The van der Waals surface area contributed by atoms with Crippen LogP contribution in [0.1, 0.15) is 79.6 Å². The van der Waals surface area contributed by atoms with Gasteiger partial charge in [-0.3, -0.25) is 0 Å². The van der Waals surface area contributed by atoms with Crippen molar-refractivity contribution in [3.8, 4) is 0 Å². The fourth-order valence-corrected chi connectivity index (χ4v) is 5.05. The fourth-order valence-electron chi connectivity index (χ4n) is 5.05. The summed E-state index contributed by atoms with van der Waals surface area (Å²) >= 11 is 0. The molecule has 0 aromatic heterocycles. The predicted octanol–water partition coefficient (Wildman–Crippen LogP) is 4.70. The van der Waals surface area contributed by atoms with E-state index >= 15 is 0 Å². The Balaban J connectivity index is 2.05. The average molecular weight is 280 g/mol.